The molecule has 0 amide bonds. The van der Waals surface area contributed by atoms with Gasteiger partial charge in [-0.1, -0.05) is 239 Å². The monoisotopic (exact) mass is 1300 g/mol. The second kappa shape index (κ2) is 25.2. The summed E-state index contributed by atoms with van der Waals surface area (Å²) in [6.45, 7) is 51.8. The Hall–Kier alpha value is -7.84. The number of benzene rings is 8. The number of hydrogen-bond donors (Lipinski definition) is 8. The van der Waals surface area contributed by atoms with Crippen LogP contribution in [0.5, 0.6) is 46.0 Å². The summed E-state index contributed by atoms with van der Waals surface area (Å²) in [7, 11) is 0. The quantitative estimate of drug-likeness (QED) is 0.0744. The molecule has 0 radical (unpaired) electrons. The van der Waals surface area contributed by atoms with Crippen molar-refractivity contribution < 1.29 is 40.9 Å². The lowest BCUT2D eigenvalue weighted by molar-refractivity contribution is 0.450. The van der Waals surface area contributed by atoms with Crippen LogP contribution in [-0.4, -0.2) is 40.9 Å². The first-order valence-electron chi connectivity index (χ1n) is 34.7. The van der Waals surface area contributed by atoms with Crippen LogP contribution in [0.25, 0.3) is 0 Å². The Balaban J connectivity index is 1.32. The molecule has 8 N–H and O–H groups in total. The van der Waals surface area contributed by atoms with Gasteiger partial charge in [0.05, 0.1) is 0 Å². The molecule has 8 aromatic rings. The highest BCUT2D eigenvalue weighted by Crippen LogP contribution is 2.47. The molecular weight excluding hydrogens is 1180 g/mol. The number of aromatic hydroxyl groups is 8. The average molecular weight is 1300 g/mol. The topological polar surface area (TPSA) is 162 Å². The maximum atomic E-state index is 12.8. The van der Waals surface area contributed by atoms with Gasteiger partial charge in [0.15, 0.2) is 0 Å². The Bertz CT molecular complexity index is 4060. The van der Waals surface area contributed by atoms with Crippen LogP contribution in [0.15, 0.2) is 97.1 Å². The van der Waals surface area contributed by atoms with Crippen molar-refractivity contribution in [3.63, 3.8) is 0 Å². The summed E-state index contributed by atoms with van der Waals surface area (Å²) in [5, 5.41) is 100. The summed E-state index contributed by atoms with van der Waals surface area (Å²) < 4.78 is 0. The predicted octanol–water partition coefficient (Wildman–Crippen LogP) is 20.8. The Morgan fingerprint density at radius 2 is 0.375 bits per heavy atom. The summed E-state index contributed by atoms with van der Waals surface area (Å²) >= 11 is 0. The lowest BCUT2D eigenvalue weighted by Gasteiger charge is -2.30. The summed E-state index contributed by atoms with van der Waals surface area (Å²) in [6, 6.07) is 32.0. The third-order valence-corrected chi connectivity index (χ3v) is 20.0. The minimum absolute atomic E-state index is 0.0735. The highest BCUT2D eigenvalue weighted by molar-refractivity contribution is 5.62. The molecule has 0 fully saturated rings. The average Bonchev–Trinajstić information content (AvgIpc) is 0.779. The maximum absolute atomic E-state index is 12.8. The van der Waals surface area contributed by atoms with Crippen molar-refractivity contribution in [2.75, 3.05) is 0 Å². The van der Waals surface area contributed by atoms with Gasteiger partial charge in [-0.15, -0.1) is 0 Å². The Morgan fingerprint density at radius 1 is 0.188 bits per heavy atom. The Labute approximate surface area is 575 Å². The second-order valence-electron chi connectivity index (χ2n) is 36.5. The maximum Gasteiger partial charge on any atom is 0.122 e. The molecule has 0 saturated carbocycles. The summed E-state index contributed by atoms with van der Waals surface area (Å²) in [5.74, 6) is 0.711. The summed E-state index contributed by atoms with van der Waals surface area (Å²) in [5.41, 5.74) is 16.4. The zero-order chi connectivity index (χ0) is 71.4. The molecule has 0 spiro atoms. The van der Waals surface area contributed by atoms with Crippen molar-refractivity contribution in [1.82, 2.24) is 0 Å². The van der Waals surface area contributed by atoms with Crippen molar-refractivity contribution in [3.05, 3.63) is 231 Å². The standard InChI is InChI=1S/C88H112O8/c1-81(2,3)65-33-55-27-51-45-71(86(16,17)18)49(47-73(51)90)25-53-43-70(89)44-54(75(53)88(22,23)24)26-50-48-74(91)52(46-72(50)87(19,20)21)28-56-34-66(82(4,5)6)36-58(77(56)93)30-60-38-68(84(10,11)12)40-62(79(60)95)32-64-42-69(85(13,14)15)41-63(80(64)96)31-61-39-67(83(7,8)9)37-59(78(61)94)29-57(35-65)76(55)92/h33-48,89-96H,25-32H2,1-24H3. The van der Waals surface area contributed by atoms with E-state index in [1.165, 1.54) is 0 Å². The highest BCUT2D eigenvalue weighted by Gasteiger charge is 2.32. The lowest BCUT2D eigenvalue weighted by atomic mass is 9.74. The summed E-state index contributed by atoms with van der Waals surface area (Å²) in [4.78, 5) is 0. The van der Waals surface area contributed by atoms with E-state index in [0.717, 1.165) is 66.8 Å². The van der Waals surface area contributed by atoms with Crippen LogP contribution < -0.4 is 0 Å². The third-order valence-electron chi connectivity index (χ3n) is 20.0. The van der Waals surface area contributed by atoms with Crippen molar-refractivity contribution >= 4 is 0 Å². The van der Waals surface area contributed by atoms with Crippen molar-refractivity contribution in [2.24, 2.45) is 0 Å². The highest BCUT2D eigenvalue weighted by atomic mass is 16.3. The van der Waals surface area contributed by atoms with Crippen LogP contribution in [0, 0.1) is 0 Å². The van der Waals surface area contributed by atoms with E-state index in [1.54, 1.807) is 0 Å². The number of fused-ring (bicyclic) bond motifs is 2. The van der Waals surface area contributed by atoms with E-state index in [4.69, 9.17) is 0 Å². The lowest BCUT2D eigenvalue weighted by Crippen LogP contribution is -2.21. The molecular formula is C88H112O8. The van der Waals surface area contributed by atoms with Gasteiger partial charge >= 0.3 is 0 Å². The van der Waals surface area contributed by atoms with Crippen LogP contribution in [0.3, 0.4) is 0 Å². The molecule has 8 heteroatoms. The van der Waals surface area contributed by atoms with Crippen LogP contribution in [0.2, 0.25) is 0 Å². The van der Waals surface area contributed by atoms with Crippen molar-refractivity contribution in [2.45, 2.75) is 261 Å². The van der Waals surface area contributed by atoms with Crippen LogP contribution in [-0.2, 0) is 94.7 Å². The van der Waals surface area contributed by atoms with E-state index in [-0.39, 0.29) is 112 Å². The first-order chi connectivity index (χ1) is 43.9. The molecule has 0 saturated heterocycles. The molecule has 512 valence electrons. The van der Waals surface area contributed by atoms with E-state index >= 15 is 0 Å². The molecule has 8 nitrogen and oxygen atoms in total. The molecule has 0 unspecified atom stereocenters. The van der Waals surface area contributed by atoms with E-state index in [1.807, 2.05) is 84.9 Å². The van der Waals surface area contributed by atoms with Gasteiger partial charge in [0.2, 0.25) is 0 Å². The molecule has 11 rings (SSSR count). The van der Waals surface area contributed by atoms with Gasteiger partial charge in [0.1, 0.15) is 46.0 Å². The minimum Gasteiger partial charge on any atom is -0.508 e. The van der Waals surface area contributed by atoms with Crippen LogP contribution >= 0.6 is 0 Å². The predicted molar refractivity (Wildman–Crippen MR) is 397 cm³/mol. The number of rotatable bonds is 0. The minimum atomic E-state index is -0.411. The van der Waals surface area contributed by atoms with Crippen LogP contribution in [0.4, 0.5) is 0 Å². The van der Waals surface area contributed by atoms with Crippen molar-refractivity contribution in [1.29, 1.82) is 0 Å². The zero-order valence-electron chi connectivity index (χ0n) is 62.5. The normalized spacial score (nSPS) is 14.2. The molecule has 3 aliphatic rings. The van der Waals surface area contributed by atoms with Gasteiger partial charge in [-0.05, 0) is 214 Å². The number of hydrogen-bond acceptors (Lipinski definition) is 8. The molecule has 16 bridgehead atoms. The second-order valence-corrected chi connectivity index (χ2v) is 36.5. The Morgan fingerprint density at radius 3 is 0.552 bits per heavy atom. The van der Waals surface area contributed by atoms with Gasteiger partial charge in [-0.3, -0.25) is 0 Å². The number of phenols is 8. The molecule has 8 aromatic carbocycles. The largest absolute Gasteiger partial charge is 0.508 e. The molecule has 0 aliphatic heterocycles. The first-order valence-corrected chi connectivity index (χ1v) is 34.7. The fourth-order valence-electron chi connectivity index (χ4n) is 14.3. The van der Waals surface area contributed by atoms with Gasteiger partial charge in [0.25, 0.3) is 0 Å². The zero-order valence-corrected chi connectivity index (χ0v) is 62.5. The molecule has 0 aromatic heterocycles. The van der Waals surface area contributed by atoms with Gasteiger partial charge in [-0.2, -0.15) is 0 Å². The smallest absolute Gasteiger partial charge is 0.122 e. The van der Waals surface area contributed by atoms with E-state index in [0.29, 0.717) is 79.6 Å². The molecule has 3 aliphatic carbocycles. The summed E-state index contributed by atoms with van der Waals surface area (Å²) in [6.07, 6.45) is 2.02. The Kier molecular flexibility index (Phi) is 19.0. The van der Waals surface area contributed by atoms with Gasteiger partial charge < -0.3 is 40.9 Å². The van der Waals surface area contributed by atoms with E-state index in [2.05, 4.69) is 178 Å². The van der Waals surface area contributed by atoms with Gasteiger partial charge in [0, 0.05) is 38.5 Å². The van der Waals surface area contributed by atoms with E-state index < -0.39 is 16.2 Å². The van der Waals surface area contributed by atoms with E-state index in [9.17, 15) is 40.9 Å². The van der Waals surface area contributed by atoms with Crippen LogP contribution in [0.1, 0.15) is 300 Å². The molecule has 0 atom stereocenters. The molecule has 0 heterocycles. The fourth-order valence-corrected chi connectivity index (χ4v) is 14.3. The third kappa shape index (κ3) is 15.6. The molecule has 96 heavy (non-hydrogen) atoms. The van der Waals surface area contributed by atoms with Gasteiger partial charge in [-0.25, -0.2) is 0 Å². The SMILES string of the molecule is CC(C)(C)c1cc2c(O)c(c1)Cc1cc(C(C)(C)C)cc(c1O)Cc1cc(C(C)(C)C)cc(c1O)Cc1cc(C(C)(C)C)cc(c1O)Cc1cc(C(C)(C)C)cc(c1O)Cc1cc(C(C)(C)C)c(cc1O)Cc1cc(O)cc(c1C(C)(C)C)Cc1cc(O)c(cc1C(C)(C)C)C2. The fraction of sp³-hybridized carbons (Fsp3) is 0.455. The first kappa shape index (κ1) is 72.4. The number of phenolic OH excluding ortho intramolecular Hbond substituents is 8. The van der Waals surface area contributed by atoms with Crippen molar-refractivity contribution in [3.8, 4) is 46.0 Å².